The van der Waals surface area contributed by atoms with Gasteiger partial charge in [0.1, 0.15) is 11.9 Å². The number of alkyl halides is 3. The number of morpholine rings is 1. The van der Waals surface area contributed by atoms with Gasteiger partial charge >= 0.3 is 6.18 Å². The molecule has 1 aliphatic rings. The zero-order valence-corrected chi connectivity index (χ0v) is 11.5. The summed E-state index contributed by atoms with van der Waals surface area (Å²) in [5.74, 6) is -1.90. The lowest BCUT2D eigenvalue weighted by molar-refractivity contribution is -0.140. The SMILES string of the molecule is Cl.O=C(Nc1ccc(F)c(C(F)(F)F)c1)C1COCCN1. The highest BCUT2D eigenvalue weighted by Gasteiger charge is 2.34. The Morgan fingerprint density at radius 2 is 2.10 bits per heavy atom. The maximum atomic E-state index is 13.1. The van der Waals surface area contributed by atoms with Crippen LogP contribution >= 0.6 is 12.4 Å². The molecule has 1 heterocycles. The van der Waals surface area contributed by atoms with Crippen molar-refractivity contribution in [1.82, 2.24) is 5.32 Å². The molecule has 1 aromatic rings. The van der Waals surface area contributed by atoms with Crippen molar-refractivity contribution in [3.63, 3.8) is 0 Å². The maximum absolute atomic E-state index is 13.1. The topological polar surface area (TPSA) is 50.4 Å². The summed E-state index contributed by atoms with van der Waals surface area (Å²) in [5, 5.41) is 5.17. The third-order valence-electron chi connectivity index (χ3n) is 2.78. The molecule has 1 amide bonds. The van der Waals surface area contributed by atoms with E-state index in [2.05, 4.69) is 10.6 Å². The first kappa shape index (κ1) is 17.7. The fourth-order valence-corrected chi connectivity index (χ4v) is 1.78. The van der Waals surface area contributed by atoms with Crippen molar-refractivity contribution < 1.29 is 27.1 Å². The predicted octanol–water partition coefficient (Wildman–Crippen LogP) is 2.19. The molecule has 2 rings (SSSR count). The van der Waals surface area contributed by atoms with Crippen LogP contribution in [0.3, 0.4) is 0 Å². The van der Waals surface area contributed by atoms with Crippen LogP contribution in [0.5, 0.6) is 0 Å². The summed E-state index contributed by atoms with van der Waals surface area (Å²) in [4.78, 5) is 11.8. The monoisotopic (exact) mass is 328 g/mol. The highest BCUT2D eigenvalue weighted by Crippen LogP contribution is 2.32. The zero-order valence-electron chi connectivity index (χ0n) is 10.7. The number of carbonyl (C=O) groups is 1. The van der Waals surface area contributed by atoms with Crippen molar-refractivity contribution in [2.24, 2.45) is 0 Å². The van der Waals surface area contributed by atoms with Gasteiger partial charge in [-0.25, -0.2) is 4.39 Å². The van der Waals surface area contributed by atoms with Crippen LogP contribution in [0.1, 0.15) is 5.56 Å². The van der Waals surface area contributed by atoms with Gasteiger partial charge in [0.05, 0.1) is 18.8 Å². The fraction of sp³-hybridized carbons (Fsp3) is 0.417. The molecule has 1 unspecified atom stereocenters. The van der Waals surface area contributed by atoms with E-state index in [1.165, 1.54) is 0 Å². The van der Waals surface area contributed by atoms with E-state index >= 15 is 0 Å². The van der Waals surface area contributed by atoms with Crippen LogP contribution in [-0.4, -0.2) is 31.7 Å². The van der Waals surface area contributed by atoms with E-state index < -0.39 is 29.5 Å². The first-order chi connectivity index (χ1) is 9.38. The molecule has 0 aliphatic carbocycles. The first-order valence-electron chi connectivity index (χ1n) is 5.86. The Morgan fingerprint density at radius 3 is 2.67 bits per heavy atom. The van der Waals surface area contributed by atoms with Gasteiger partial charge in [-0.2, -0.15) is 13.2 Å². The number of hydrogen-bond acceptors (Lipinski definition) is 3. The van der Waals surface area contributed by atoms with Crippen LogP contribution in [0.25, 0.3) is 0 Å². The Morgan fingerprint density at radius 1 is 1.38 bits per heavy atom. The number of ether oxygens (including phenoxy) is 1. The average molecular weight is 329 g/mol. The number of hydrogen-bond donors (Lipinski definition) is 2. The van der Waals surface area contributed by atoms with Gasteiger partial charge in [-0.15, -0.1) is 12.4 Å². The van der Waals surface area contributed by atoms with E-state index in [1.807, 2.05) is 0 Å². The number of anilines is 1. The molecule has 1 aromatic carbocycles. The predicted molar refractivity (Wildman–Crippen MR) is 69.9 cm³/mol. The number of amides is 1. The van der Waals surface area contributed by atoms with Crippen LogP contribution in [0, 0.1) is 5.82 Å². The number of nitrogens with one attached hydrogen (secondary N) is 2. The number of halogens is 5. The lowest BCUT2D eigenvalue weighted by Crippen LogP contribution is -2.48. The molecular formula is C12H13ClF4N2O2. The molecule has 0 saturated carbocycles. The van der Waals surface area contributed by atoms with Gasteiger partial charge in [-0.3, -0.25) is 4.79 Å². The van der Waals surface area contributed by atoms with E-state index in [4.69, 9.17) is 4.74 Å². The minimum absolute atomic E-state index is 0. The lowest BCUT2D eigenvalue weighted by atomic mass is 10.1. The lowest BCUT2D eigenvalue weighted by Gasteiger charge is -2.23. The van der Waals surface area contributed by atoms with Crippen molar-refractivity contribution in [1.29, 1.82) is 0 Å². The van der Waals surface area contributed by atoms with Gasteiger partial charge in [-0.05, 0) is 18.2 Å². The van der Waals surface area contributed by atoms with Crippen molar-refractivity contribution in [3.8, 4) is 0 Å². The van der Waals surface area contributed by atoms with Gasteiger partial charge in [0.15, 0.2) is 0 Å². The Balaban J connectivity index is 0.00000220. The highest BCUT2D eigenvalue weighted by molar-refractivity contribution is 5.95. The summed E-state index contributed by atoms with van der Waals surface area (Å²) in [6, 6.07) is 1.68. The van der Waals surface area contributed by atoms with E-state index in [0.29, 0.717) is 25.3 Å². The molecule has 2 N–H and O–H groups in total. The van der Waals surface area contributed by atoms with Crippen molar-refractivity contribution in [2.45, 2.75) is 12.2 Å². The molecule has 0 spiro atoms. The summed E-state index contributed by atoms with van der Waals surface area (Å²) in [5.41, 5.74) is -1.53. The van der Waals surface area contributed by atoms with Crippen LogP contribution in [0.2, 0.25) is 0 Å². The largest absolute Gasteiger partial charge is 0.419 e. The van der Waals surface area contributed by atoms with Crippen molar-refractivity contribution >= 4 is 24.0 Å². The number of carbonyl (C=O) groups excluding carboxylic acids is 1. The normalized spacial score (nSPS) is 18.8. The maximum Gasteiger partial charge on any atom is 0.419 e. The third-order valence-corrected chi connectivity index (χ3v) is 2.78. The Bertz CT molecular complexity index is 505. The molecule has 4 nitrogen and oxygen atoms in total. The molecule has 0 radical (unpaired) electrons. The Hall–Kier alpha value is -1.38. The highest BCUT2D eigenvalue weighted by atomic mass is 35.5. The Labute approximate surface area is 124 Å². The Kier molecular flexibility index (Phi) is 5.94. The van der Waals surface area contributed by atoms with Gasteiger partial charge in [0, 0.05) is 12.2 Å². The van der Waals surface area contributed by atoms with Crippen LogP contribution < -0.4 is 10.6 Å². The van der Waals surface area contributed by atoms with Crippen LogP contribution in [0.15, 0.2) is 18.2 Å². The second-order valence-corrected chi connectivity index (χ2v) is 4.26. The molecule has 0 bridgehead atoms. The fourth-order valence-electron chi connectivity index (χ4n) is 1.78. The summed E-state index contributed by atoms with van der Waals surface area (Å²) in [6.07, 6.45) is -4.81. The molecule has 0 aromatic heterocycles. The summed E-state index contributed by atoms with van der Waals surface area (Å²) < 4.78 is 55.8. The van der Waals surface area contributed by atoms with Crippen molar-refractivity contribution in [2.75, 3.05) is 25.1 Å². The molecule has 1 atom stereocenters. The minimum atomic E-state index is -4.81. The molecule has 1 saturated heterocycles. The van der Waals surface area contributed by atoms with Crippen molar-refractivity contribution in [3.05, 3.63) is 29.6 Å². The molecular weight excluding hydrogens is 316 g/mol. The quantitative estimate of drug-likeness (QED) is 0.818. The van der Waals surface area contributed by atoms with Crippen LogP contribution in [0.4, 0.5) is 23.2 Å². The smallest absolute Gasteiger partial charge is 0.378 e. The number of benzene rings is 1. The molecule has 1 aliphatic heterocycles. The van der Waals surface area contributed by atoms with Gasteiger partial charge in [-0.1, -0.05) is 0 Å². The summed E-state index contributed by atoms with van der Waals surface area (Å²) in [6.45, 7) is 1.09. The van der Waals surface area contributed by atoms with Gasteiger partial charge < -0.3 is 15.4 Å². The van der Waals surface area contributed by atoms with Gasteiger partial charge in [0.2, 0.25) is 5.91 Å². The summed E-state index contributed by atoms with van der Waals surface area (Å²) >= 11 is 0. The summed E-state index contributed by atoms with van der Waals surface area (Å²) in [7, 11) is 0. The molecule has 9 heteroatoms. The first-order valence-corrected chi connectivity index (χ1v) is 5.86. The van der Waals surface area contributed by atoms with Gasteiger partial charge in [0.25, 0.3) is 0 Å². The van der Waals surface area contributed by atoms with E-state index in [0.717, 1.165) is 6.07 Å². The third kappa shape index (κ3) is 4.55. The minimum Gasteiger partial charge on any atom is -0.378 e. The molecule has 1 fully saturated rings. The average Bonchev–Trinajstić information content (AvgIpc) is 2.40. The van der Waals surface area contributed by atoms with Crippen LogP contribution in [-0.2, 0) is 15.7 Å². The molecule has 118 valence electrons. The zero-order chi connectivity index (χ0) is 14.8. The number of rotatable bonds is 2. The van der Waals surface area contributed by atoms with E-state index in [-0.39, 0.29) is 24.7 Å². The molecule has 21 heavy (non-hydrogen) atoms. The second-order valence-electron chi connectivity index (χ2n) is 4.26. The van der Waals surface area contributed by atoms with E-state index in [1.54, 1.807) is 0 Å². The second kappa shape index (κ2) is 7.06. The standard InChI is InChI=1S/C12H12F4N2O2.ClH/c13-9-2-1-7(5-8(9)12(14,15)16)18-11(19)10-6-20-4-3-17-10;/h1-2,5,10,17H,3-4,6H2,(H,18,19);1H. The van der Waals surface area contributed by atoms with E-state index in [9.17, 15) is 22.4 Å².